The number of hydrogen-bond acceptors (Lipinski definition) is 3. The van der Waals surface area contributed by atoms with E-state index < -0.39 is 5.82 Å². The Bertz CT molecular complexity index is 465. The van der Waals surface area contributed by atoms with Gasteiger partial charge in [-0.1, -0.05) is 0 Å². The molecule has 2 N–H and O–H groups in total. The predicted octanol–water partition coefficient (Wildman–Crippen LogP) is 2.38. The molecule has 0 spiro atoms. The van der Waals surface area contributed by atoms with E-state index in [2.05, 4.69) is 10.6 Å². The van der Waals surface area contributed by atoms with Crippen LogP contribution in [0.15, 0.2) is 18.2 Å². The largest absolute Gasteiger partial charge is 0.497 e. The standard InChI is InChI=1S/C15H21FN2O2.ClH/c1-20-12-4-5-13(14(16)9-12)15(19)18-8-6-11-3-2-7-17-10-11;/h4-5,9,11,17H,2-3,6-8,10H2,1H3,(H,18,19);1H. The van der Waals surface area contributed by atoms with Gasteiger partial charge >= 0.3 is 0 Å². The van der Waals surface area contributed by atoms with Crippen LogP contribution in [0, 0.1) is 11.7 Å². The Labute approximate surface area is 130 Å². The van der Waals surface area contributed by atoms with Crippen molar-refractivity contribution >= 4 is 18.3 Å². The monoisotopic (exact) mass is 316 g/mol. The lowest BCUT2D eigenvalue weighted by Gasteiger charge is -2.22. The van der Waals surface area contributed by atoms with E-state index in [4.69, 9.17) is 4.74 Å². The SMILES string of the molecule is COc1ccc(C(=O)NCCC2CCCNC2)c(F)c1.Cl. The quantitative estimate of drug-likeness (QED) is 0.877. The van der Waals surface area contributed by atoms with E-state index >= 15 is 0 Å². The number of rotatable bonds is 5. The van der Waals surface area contributed by atoms with Crippen LogP contribution in [0.2, 0.25) is 0 Å². The highest BCUT2D eigenvalue weighted by molar-refractivity contribution is 5.94. The lowest BCUT2D eigenvalue weighted by Crippen LogP contribution is -2.33. The molecule has 1 aliphatic heterocycles. The molecule has 1 aromatic carbocycles. The first-order valence-corrected chi connectivity index (χ1v) is 7.03. The molecule has 1 aliphatic rings. The van der Waals surface area contributed by atoms with E-state index in [9.17, 15) is 9.18 Å². The number of carbonyl (C=O) groups is 1. The third-order valence-electron chi connectivity index (χ3n) is 3.66. The molecule has 1 unspecified atom stereocenters. The van der Waals surface area contributed by atoms with E-state index in [1.165, 1.54) is 32.1 Å². The summed E-state index contributed by atoms with van der Waals surface area (Å²) in [4.78, 5) is 11.9. The Kier molecular flexibility index (Phi) is 7.47. The van der Waals surface area contributed by atoms with Gasteiger partial charge in [-0.3, -0.25) is 4.79 Å². The van der Waals surface area contributed by atoms with Gasteiger partial charge in [0.2, 0.25) is 0 Å². The first-order chi connectivity index (χ1) is 9.70. The number of carbonyl (C=O) groups excluding carboxylic acids is 1. The summed E-state index contributed by atoms with van der Waals surface area (Å²) in [6.45, 7) is 2.67. The van der Waals surface area contributed by atoms with Gasteiger partial charge in [-0.05, 0) is 50.4 Å². The fourth-order valence-corrected chi connectivity index (χ4v) is 2.46. The summed E-state index contributed by atoms with van der Waals surface area (Å²) in [6, 6.07) is 4.26. The van der Waals surface area contributed by atoms with Crippen molar-refractivity contribution in [2.24, 2.45) is 5.92 Å². The maximum atomic E-state index is 13.7. The molecular formula is C15H22ClFN2O2. The summed E-state index contributed by atoms with van der Waals surface area (Å²) in [5.41, 5.74) is 0.0626. The predicted molar refractivity (Wildman–Crippen MR) is 82.7 cm³/mol. The van der Waals surface area contributed by atoms with Crippen molar-refractivity contribution < 1.29 is 13.9 Å². The van der Waals surface area contributed by atoms with Gasteiger partial charge in [-0.15, -0.1) is 12.4 Å². The highest BCUT2D eigenvalue weighted by Gasteiger charge is 2.15. The highest BCUT2D eigenvalue weighted by atomic mass is 35.5. The lowest BCUT2D eigenvalue weighted by molar-refractivity contribution is 0.0946. The average molecular weight is 317 g/mol. The molecule has 0 aliphatic carbocycles. The molecule has 1 atom stereocenters. The van der Waals surface area contributed by atoms with Gasteiger partial charge in [0, 0.05) is 12.6 Å². The lowest BCUT2D eigenvalue weighted by atomic mass is 9.96. The minimum atomic E-state index is -0.554. The van der Waals surface area contributed by atoms with E-state index in [0.717, 1.165) is 19.5 Å². The number of amides is 1. The van der Waals surface area contributed by atoms with Crippen LogP contribution in [-0.2, 0) is 0 Å². The van der Waals surface area contributed by atoms with Crippen LogP contribution >= 0.6 is 12.4 Å². The highest BCUT2D eigenvalue weighted by Crippen LogP contribution is 2.16. The molecule has 118 valence electrons. The van der Waals surface area contributed by atoms with Crippen molar-refractivity contribution in [3.05, 3.63) is 29.6 Å². The van der Waals surface area contributed by atoms with Gasteiger partial charge in [-0.2, -0.15) is 0 Å². The van der Waals surface area contributed by atoms with Gasteiger partial charge in [0.05, 0.1) is 12.7 Å². The second kappa shape index (κ2) is 8.85. The van der Waals surface area contributed by atoms with Crippen LogP contribution in [0.3, 0.4) is 0 Å². The normalized spacial score (nSPS) is 17.7. The van der Waals surface area contributed by atoms with Crippen LogP contribution in [0.5, 0.6) is 5.75 Å². The number of methoxy groups -OCH3 is 1. The third-order valence-corrected chi connectivity index (χ3v) is 3.66. The third kappa shape index (κ3) is 5.17. The Morgan fingerprint density at radius 1 is 1.52 bits per heavy atom. The van der Waals surface area contributed by atoms with Crippen molar-refractivity contribution in [2.75, 3.05) is 26.7 Å². The van der Waals surface area contributed by atoms with E-state index in [-0.39, 0.29) is 23.9 Å². The molecule has 2 rings (SSSR count). The van der Waals surface area contributed by atoms with Crippen LogP contribution in [0.1, 0.15) is 29.6 Å². The second-order valence-corrected chi connectivity index (χ2v) is 5.10. The topological polar surface area (TPSA) is 50.4 Å². The fourth-order valence-electron chi connectivity index (χ4n) is 2.46. The summed E-state index contributed by atoms with van der Waals surface area (Å²) in [7, 11) is 1.47. The zero-order valence-electron chi connectivity index (χ0n) is 12.2. The molecule has 0 bridgehead atoms. The number of halogens is 2. The maximum Gasteiger partial charge on any atom is 0.254 e. The van der Waals surface area contributed by atoms with Gasteiger partial charge < -0.3 is 15.4 Å². The summed E-state index contributed by atoms with van der Waals surface area (Å²) in [5, 5.41) is 6.12. The molecule has 6 heteroatoms. The Hall–Kier alpha value is -1.33. The second-order valence-electron chi connectivity index (χ2n) is 5.10. The summed E-state index contributed by atoms with van der Waals surface area (Å²) >= 11 is 0. The summed E-state index contributed by atoms with van der Waals surface area (Å²) < 4.78 is 18.6. The van der Waals surface area contributed by atoms with E-state index in [1.807, 2.05) is 0 Å². The molecule has 1 heterocycles. The molecule has 0 aromatic heterocycles. The van der Waals surface area contributed by atoms with Crippen LogP contribution in [0.4, 0.5) is 4.39 Å². The van der Waals surface area contributed by atoms with Gasteiger partial charge in [0.15, 0.2) is 0 Å². The first kappa shape index (κ1) is 17.7. The van der Waals surface area contributed by atoms with Gasteiger partial charge in [-0.25, -0.2) is 4.39 Å². The van der Waals surface area contributed by atoms with Crippen molar-refractivity contribution in [1.82, 2.24) is 10.6 Å². The van der Waals surface area contributed by atoms with Crippen LogP contribution in [-0.4, -0.2) is 32.7 Å². The molecule has 1 aromatic rings. The minimum absolute atomic E-state index is 0. The van der Waals surface area contributed by atoms with Gasteiger partial charge in [0.1, 0.15) is 11.6 Å². The molecule has 1 saturated heterocycles. The van der Waals surface area contributed by atoms with Crippen molar-refractivity contribution in [3.8, 4) is 5.75 Å². The molecule has 4 nitrogen and oxygen atoms in total. The number of benzene rings is 1. The smallest absolute Gasteiger partial charge is 0.254 e. The Morgan fingerprint density at radius 2 is 2.33 bits per heavy atom. The zero-order valence-corrected chi connectivity index (χ0v) is 13.0. The maximum absolute atomic E-state index is 13.7. The molecular weight excluding hydrogens is 295 g/mol. The Morgan fingerprint density at radius 3 is 2.95 bits per heavy atom. The number of ether oxygens (including phenoxy) is 1. The Balaban J connectivity index is 0.00000220. The minimum Gasteiger partial charge on any atom is -0.497 e. The van der Waals surface area contributed by atoms with Crippen molar-refractivity contribution in [2.45, 2.75) is 19.3 Å². The fraction of sp³-hybridized carbons (Fsp3) is 0.533. The first-order valence-electron chi connectivity index (χ1n) is 7.03. The number of piperidine rings is 1. The summed E-state index contributed by atoms with van der Waals surface area (Å²) in [5.74, 6) is 0.0900. The molecule has 1 amide bonds. The number of nitrogens with one attached hydrogen (secondary N) is 2. The molecule has 1 fully saturated rings. The molecule has 0 radical (unpaired) electrons. The van der Waals surface area contributed by atoms with Crippen LogP contribution in [0.25, 0.3) is 0 Å². The van der Waals surface area contributed by atoms with E-state index in [0.29, 0.717) is 18.2 Å². The zero-order chi connectivity index (χ0) is 14.4. The van der Waals surface area contributed by atoms with Gasteiger partial charge in [0.25, 0.3) is 5.91 Å². The summed E-state index contributed by atoms with van der Waals surface area (Å²) in [6.07, 6.45) is 3.31. The van der Waals surface area contributed by atoms with Crippen molar-refractivity contribution in [1.29, 1.82) is 0 Å². The number of hydrogen-bond donors (Lipinski definition) is 2. The molecule has 21 heavy (non-hydrogen) atoms. The van der Waals surface area contributed by atoms with Crippen molar-refractivity contribution in [3.63, 3.8) is 0 Å². The average Bonchev–Trinajstić information content (AvgIpc) is 2.48. The molecule has 0 saturated carbocycles. The van der Waals surface area contributed by atoms with E-state index in [1.54, 1.807) is 6.07 Å². The van der Waals surface area contributed by atoms with Crippen LogP contribution < -0.4 is 15.4 Å².